The number of hydrogen-bond donors (Lipinski definition) is 0. The minimum Gasteiger partial charge on any atom is -0.400 e. The normalized spacial score (nSPS) is 19.9. The monoisotopic (exact) mass is 860 g/mol. The number of anilines is 1. The van der Waals surface area contributed by atoms with Gasteiger partial charge in [-0.3, -0.25) is 0 Å². The van der Waals surface area contributed by atoms with Crippen LogP contribution < -0.4 is 15.7 Å². The number of rotatable bonds is 2. The molecular weight excluding hydrogens is 798 g/mol. The summed E-state index contributed by atoms with van der Waals surface area (Å²) in [6.07, 6.45) is 4.91. The fraction of sp³-hybridized carbons (Fsp3) is 0.323. The molecule has 4 aliphatic rings. The highest BCUT2D eigenvalue weighted by Crippen LogP contribution is 2.63. The van der Waals surface area contributed by atoms with Crippen LogP contribution in [0.5, 0.6) is 0 Å². The third-order valence-electron chi connectivity index (χ3n) is 17.3. The van der Waals surface area contributed by atoms with E-state index in [9.17, 15) is 0 Å². The third kappa shape index (κ3) is 5.17. The van der Waals surface area contributed by atoms with Crippen molar-refractivity contribution in [2.24, 2.45) is 0 Å². The summed E-state index contributed by atoms with van der Waals surface area (Å²) in [7, 11) is 0. The van der Waals surface area contributed by atoms with E-state index in [1.54, 1.807) is 5.56 Å². The van der Waals surface area contributed by atoms with Crippen molar-refractivity contribution in [3.63, 3.8) is 0 Å². The molecule has 4 heteroatoms. The molecule has 1 aliphatic carbocycles. The summed E-state index contributed by atoms with van der Waals surface area (Å²) in [6.45, 7) is 26.8. The molecule has 0 saturated heterocycles. The average molecular weight is 860 g/mol. The molecule has 66 heavy (non-hydrogen) atoms. The highest BCUT2D eigenvalue weighted by Gasteiger charge is 2.63. The van der Waals surface area contributed by atoms with E-state index in [1.807, 2.05) is 0 Å². The summed E-state index contributed by atoms with van der Waals surface area (Å²) in [4.78, 5) is 3.01. The standard InChI is InChI=1S/C62H62BN3/c1-58(2,3)39-24-25-51-43(30-39)44-35-53-45(36-52(44)64(51)42-22-16-13-17-23-42)48-32-40(59(4,5)6)33-50-57(48)65(53)54-34-41(60(7,8)9)31-46-47-28-38(37-20-14-12-15-21-37)29-49-56(47)66(63(50)55(46)54)62(11)27-19-18-26-61(49,62)10/h12-17,20-25,28-36H,18-19,26-27H2,1-11H3. The SMILES string of the molecule is CC(C)(C)c1cc2c3c(c1)-n1c4cc5c6cc(C(C)(C)C)ccc6n(-c6ccccc6)c5cc4c4cc(C(C)(C)C)cc(c41)B3N1c3c-2cc(-c2ccccc2)cc3C2(C)CCCCC12C. The zero-order valence-electron chi connectivity index (χ0n) is 40.9. The highest BCUT2D eigenvalue weighted by atomic mass is 15.2. The van der Waals surface area contributed by atoms with Gasteiger partial charge in [0.2, 0.25) is 0 Å². The Hall–Kier alpha value is -6.00. The Labute approximate surface area is 391 Å². The maximum absolute atomic E-state index is 3.01. The van der Waals surface area contributed by atoms with Crippen LogP contribution in [0.2, 0.25) is 0 Å². The molecule has 2 aromatic heterocycles. The second-order valence-electron chi connectivity index (χ2n) is 24.2. The van der Waals surface area contributed by atoms with Crippen molar-refractivity contribution in [1.29, 1.82) is 0 Å². The molecule has 1 fully saturated rings. The number of para-hydroxylation sites is 1. The summed E-state index contributed by atoms with van der Waals surface area (Å²) in [5.41, 5.74) is 23.1. The van der Waals surface area contributed by atoms with E-state index in [0.29, 0.717) is 0 Å². The van der Waals surface area contributed by atoms with Gasteiger partial charge in [-0.1, -0.05) is 149 Å². The Kier molecular flexibility index (Phi) is 7.88. The fourth-order valence-corrected chi connectivity index (χ4v) is 13.4. The summed E-state index contributed by atoms with van der Waals surface area (Å²) < 4.78 is 5.26. The molecule has 1 saturated carbocycles. The number of hydrogen-bond acceptors (Lipinski definition) is 1. The lowest BCUT2D eigenvalue weighted by atomic mass is 9.42. The van der Waals surface area contributed by atoms with E-state index in [4.69, 9.17) is 0 Å². The molecule has 7 aromatic carbocycles. The zero-order valence-corrected chi connectivity index (χ0v) is 40.9. The smallest absolute Gasteiger partial charge is 0.328 e. The van der Waals surface area contributed by atoms with Crippen LogP contribution in [0.3, 0.4) is 0 Å². The predicted octanol–water partition coefficient (Wildman–Crippen LogP) is 15.0. The molecule has 0 N–H and O–H groups in total. The molecule has 13 rings (SSSR count). The van der Waals surface area contributed by atoms with Crippen LogP contribution in [0.4, 0.5) is 5.69 Å². The minimum absolute atomic E-state index is 0.00109. The second-order valence-corrected chi connectivity index (χ2v) is 24.2. The quantitative estimate of drug-likeness (QED) is 0.158. The van der Waals surface area contributed by atoms with Crippen molar-refractivity contribution < 1.29 is 0 Å². The molecule has 0 radical (unpaired) electrons. The minimum atomic E-state index is -0.0670. The Morgan fingerprint density at radius 1 is 0.500 bits per heavy atom. The maximum atomic E-state index is 3.01. The van der Waals surface area contributed by atoms with Gasteiger partial charge < -0.3 is 13.9 Å². The summed E-state index contributed by atoms with van der Waals surface area (Å²) in [6, 6.07) is 50.2. The topological polar surface area (TPSA) is 13.1 Å². The second kappa shape index (κ2) is 12.9. The first-order valence-electron chi connectivity index (χ1n) is 24.8. The molecule has 328 valence electrons. The molecule has 0 bridgehead atoms. The van der Waals surface area contributed by atoms with Crippen LogP contribution in [0, 0.1) is 0 Å². The number of benzene rings is 7. The van der Waals surface area contributed by atoms with Gasteiger partial charge in [0.25, 0.3) is 0 Å². The molecule has 2 unspecified atom stereocenters. The molecule has 3 aliphatic heterocycles. The van der Waals surface area contributed by atoms with Gasteiger partial charge in [-0.15, -0.1) is 0 Å². The van der Waals surface area contributed by atoms with Crippen molar-refractivity contribution in [2.45, 2.75) is 129 Å². The molecule has 9 aromatic rings. The average Bonchev–Trinajstić information content (AvgIpc) is 3.86. The van der Waals surface area contributed by atoms with Gasteiger partial charge in [-0.25, -0.2) is 0 Å². The van der Waals surface area contributed by atoms with Crippen molar-refractivity contribution in [3.05, 3.63) is 150 Å². The Morgan fingerprint density at radius 3 is 1.80 bits per heavy atom. The summed E-state index contributed by atoms with van der Waals surface area (Å²) in [5, 5.41) is 5.31. The van der Waals surface area contributed by atoms with Gasteiger partial charge in [-0.05, 0) is 147 Å². The van der Waals surface area contributed by atoms with Crippen molar-refractivity contribution >= 4 is 67.1 Å². The number of fused-ring (bicyclic) bond motifs is 13. The first-order valence-corrected chi connectivity index (χ1v) is 24.8. The van der Waals surface area contributed by atoms with Crippen molar-refractivity contribution in [3.8, 4) is 33.6 Å². The third-order valence-corrected chi connectivity index (χ3v) is 17.3. The lowest BCUT2D eigenvalue weighted by Gasteiger charge is -2.54. The Morgan fingerprint density at radius 2 is 1.11 bits per heavy atom. The van der Waals surface area contributed by atoms with Crippen molar-refractivity contribution in [2.75, 3.05) is 4.81 Å². The predicted molar refractivity (Wildman–Crippen MR) is 284 cm³/mol. The number of nitrogens with zero attached hydrogens (tertiary/aromatic N) is 3. The van der Waals surface area contributed by atoms with E-state index in [0.717, 1.165) is 0 Å². The largest absolute Gasteiger partial charge is 0.400 e. The van der Waals surface area contributed by atoms with Crippen LogP contribution in [-0.4, -0.2) is 21.5 Å². The fourth-order valence-electron chi connectivity index (χ4n) is 13.4. The molecule has 0 spiro atoms. The zero-order chi connectivity index (χ0) is 45.6. The maximum Gasteiger partial charge on any atom is 0.328 e. The lowest BCUT2D eigenvalue weighted by molar-refractivity contribution is 0.199. The van der Waals surface area contributed by atoms with Crippen LogP contribution >= 0.6 is 0 Å². The van der Waals surface area contributed by atoms with Crippen LogP contribution in [-0.2, 0) is 21.7 Å². The highest BCUT2D eigenvalue weighted by molar-refractivity contribution is 6.93. The first-order chi connectivity index (χ1) is 31.4. The molecule has 0 amide bonds. The van der Waals surface area contributed by atoms with Gasteiger partial charge in [0.15, 0.2) is 0 Å². The van der Waals surface area contributed by atoms with E-state index in [1.165, 1.54) is 136 Å². The molecule has 5 heterocycles. The van der Waals surface area contributed by atoms with E-state index in [2.05, 4.69) is 217 Å². The van der Waals surface area contributed by atoms with Crippen LogP contribution in [0.15, 0.2) is 127 Å². The molecular formula is C62H62BN3. The first kappa shape index (κ1) is 40.3. The number of aromatic nitrogens is 2. The van der Waals surface area contributed by atoms with Gasteiger partial charge in [0.05, 0.1) is 22.1 Å². The van der Waals surface area contributed by atoms with E-state index < -0.39 is 0 Å². The van der Waals surface area contributed by atoms with Gasteiger partial charge in [0.1, 0.15) is 0 Å². The van der Waals surface area contributed by atoms with Gasteiger partial charge >= 0.3 is 6.85 Å². The van der Waals surface area contributed by atoms with Gasteiger partial charge in [0, 0.05) is 55.1 Å². The van der Waals surface area contributed by atoms with E-state index in [-0.39, 0.29) is 34.0 Å². The van der Waals surface area contributed by atoms with Gasteiger partial charge in [-0.2, -0.15) is 0 Å². The van der Waals surface area contributed by atoms with Crippen LogP contribution in [0.1, 0.15) is 124 Å². The summed E-state index contributed by atoms with van der Waals surface area (Å²) in [5.74, 6) is 0. The molecule has 2 atom stereocenters. The Bertz CT molecular complexity index is 3570. The van der Waals surface area contributed by atoms with Crippen molar-refractivity contribution in [1.82, 2.24) is 9.13 Å². The lowest BCUT2D eigenvalue weighted by Crippen LogP contribution is -2.70. The molecule has 3 nitrogen and oxygen atoms in total. The van der Waals surface area contributed by atoms with Crippen LogP contribution in [0.25, 0.3) is 77.2 Å². The van der Waals surface area contributed by atoms with E-state index >= 15 is 0 Å². The Balaban J connectivity index is 1.23. The summed E-state index contributed by atoms with van der Waals surface area (Å²) >= 11 is 0.